The lowest BCUT2D eigenvalue weighted by Crippen LogP contribution is -2.48. The van der Waals surface area contributed by atoms with Crippen LogP contribution in [-0.4, -0.2) is 34.6 Å². The lowest BCUT2D eigenvalue weighted by Gasteiger charge is -2.29. The Morgan fingerprint density at radius 1 is 1.17 bits per heavy atom. The number of thiazole rings is 1. The number of pyridine rings is 1. The van der Waals surface area contributed by atoms with Crippen molar-refractivity contribution in [3.05, 3.63) is 57.5 Å². The predicted molar refractivity (Wildman–Crippen MR) is 112 cm³/mol. The first kappa shape index (κ1) is 17.9. The Labute approximate surface area is 171 Å². The van der Waals surface area contributed by atoms with E-state index in [-0.39, 0.29) is 17.0 Å². The van der Waals surface area contributed by atoms with Crippen LogP contribution in [0.5, 0.6) is 5.75 Å². The van der Waals surface area contributed by atoms with Crippen molar-refractivity contribution in [3.8, 4) is 16.9 Å². The van der Waals surface area contributed by atoms with Crippen molar-refractivity contribution in [2.24, 2.45) is 0 Å². The average Bonchev–Trinajstić information content (AvgIpc) is 3.10. The van der Waals surface area contributed by atoms with Gasteiger partial charge in [-0.25, -0.2) is 4.98 Å². The van der Waals surface area contributed by atoms with Crippen LogP contribution in [0.2, 0.25) is 0 Å². The highest BCUT2D eigenvalue weighted by Crippen LogP contribution is 2.42. The van der Waals surface area contributed by atoms with E-state index in [0.717, 1.165) is 39.0 Å². The highest BCUT2D eigenvalue weighted by atomic mass is 32.1. The van der Waals surface area contributed by atoms with Gasteiger partial charge in [-0.2, -0.15) is 0 Å². The molecule has 3 aromatic rings. The molecule has 4 heterocycles. The fourth-order valence-electron chi connectivity index (χ4n) is 3.75. The maximum Gasteiger partial charge on any atom is 0.271 e. The quantitative estimate of drug-likeness (QED) is 0.680. The summed E-state index contributed by atoms with van der Waals surface area (Å²) in [5, 5.41) is 3.81. The van der Waals surface area contributed by atoms with Gasteiger partial charge < -0.3 is 19.9 Å². The molecule has 0 fully saturated rings. The number of nitrogens with one attached hydrogen (secondary N) is 2. The average molecular weight is 408 g/mol. The summed E-state index contributed by atoms with van der Waals surface area (Å²) >= 11 is 1.57. The number of nitrogens with zero attached hydrogens (tertiary/aromatic N) is 2. The molecule has 0 spiro atoms. The first-order valence-corrected chi connectivity index (χ1v) is 10.3. The van der Waals surface area contributed by atoms with E-state index in [1.165, 1.54) is 6.07 Å². The number of ether oxygens (including phenoxy) is 1. The number of amides is 1. The molecule has 0 radical (unpaired) electrons. The number of aromatic amines is 1. The second-order valence-electron chi connectivity index (χ2n) is 7.91. The lowest BCUT2D eigenvalue weighted by atomic mass is 9.95. The molecule has 2 aliphatic heterocycles. The second-order valence-corrected chi connectivity index (χ2v) is 8.97. The number of anilines is 2. The Morgan fingerprint density at radius 2 is 2.00 bits per heavy atom. The third kappa shape index (κ3) is 3.19. The normalized spacial score (nSPS) is 17.2. The Hall–Kier alpha value is -3.13. The van der Waals surface area contributed by atoms with Crippen LogP contribution in [-0.2, 0) is 6.42 Å². The number of rotatable bonds is 2. The Balaban J connectivity index is 1.56. The molecule has 148 valence electrons. The third-order valence-electron chi connectivity index (χ3n) is 5.13. The van der Waals surface area contributed by atoms with Crippen LogP contribution in [0.4, 0.5) is 10.8 Å². The van der Waals surface area contributed by atoms with Gasteiger partial charge in [-0.1, -0.05) is 6.07 Å². The van der Waals surface area contributed by atoms with Crippen molar-refractivity contribution < 1.29 is 9.53 Å². The summed E-state index contributed by atoms with van der Waals surface area (Å²) in [6.45, 7) is 5.24. The maximum atomic E-state index is 12.5. The topological polar surface area (TPSA) is 87.3 Å². The van der Waals surface area contributed by atoms with E-state index in [1.807, 2.05) is 32.0 Å². The summed E-state index contributed by atoms with van der Waals surface area (Å²) in [7, 11) is 0. The van der Waals surface area contributed by atoms with Gasteiger partial charge in [0.15, 0.2) is 5.13 Å². The molecule has 1 amide bonds. The van der Waals surface area contributed by atoms with Crippen LogP contribution in [0.3, 0.4) is 0 Å². The van der Waals surface area contributed by atoms with E-state index in [2.05, 4.69) is 20.2 Å². The minimum Gasteiger partial charge on any atom is -0.490 e. The molecule has 2 aliphatic rings. The van der Waals surface area contributed by atoms with Crippen molar-refractivity contribution >= 4 is 28.1 Å². The van der Waals surface area contributed by atoms with Crippen LogP contribution in [0, 0.1) is 0 Å². The van der Waals surface area contributed by atoms with Crippen molar-refractivity contribution in [1.29, 1.82) is 0 Å². The Kier molecular flexibility index (Phi) is 3.99. The smallest absolute Gasteiger partial charge is 0.271 e. The maximum absolute atomic E-state index is 12.5. The summed E-state index contributed by atoms with van der Waals surface area (Å²) in [4.78, 5) is 34.3. The fourth-order valence-corrected chi connectivity index (χ4v) is 5.08. The molecule has 1 aromatic carbocycles. The van der Waals surface area contributed by atoms with Crippen LogP contribution in [0.1, 0.15) is 29.2 Å². The van der Waals surface area contributed by atoms with Gasteiger partial charge in [-0.3, -0.25) is 9.59 Å². The highest BCUT2D eigenvalue weighted by molar-refractivity contribution is 7.16. The summed E-state index contributed by atoms with van der Waals surface area (Å²) in [5.74, 6) is 0.664. The first-order chi connectivity index (χ1) is 13.9. The van der Waals surface area contributed by atoms with E-state index in [4.69, 9.17) is 4.74 Å². The molecule has 0 unspecified atom stereocenters. The largest absolute Gasteiger partial charge is 0.490 e. The molecule has 0 bridgehead atoms. The highest BCUT2D eigenvalue weighted by Gasteiger charge is 2.34. The van der Waals surface area contributed by atoms with E-state index < -0.39 is 0 Å². The van der Waals surface area contributed by atoms with Gasteiger partial charge in [-0.15, -0.1) is 11.3 Å². The zero-order valence-corrected chi connectivity index (χ0v) is 16.9. The van der Waals surface area contributed by atoms with E-state index >= 15 is 0 Å². The number of hydrogen-bond acceptors (Lipinski definition) is 6. The molecule has 5 rings (SSSR count). The number of aromatic nitrogens is 2. The van der Waals surface area contributed by atoms with Crippen LogP contribution in [0.25, 0.3) is 11.1 Å². The van der Waals surface area contributed by atoms with Crippen LogP contribution >= 0.6 is 11.3 Å². The molecular weight excluding hydrogens is 388 g/mol. The molecular formula is C21H20N4O3S. The predicted octanol–water partition coefficient (Wildman–Crippen LogP) is 3.09. The summed E-state index contributed by atoms with van der Waals surface area (Å²) in [6.07, 6.45) is 2.47. The third-order valence-corrected chi connectivity index (χ3v) is 6.20. The summed E-state index contributed by atoms with van der Waals surface area (Å²) in [5.41, 5.74) is 2.91. The zero-order valence-electron chi connectivity index (χ0n) is 16.1. The van der Waals surface area contributed by atoms with Gasteiger partial charge in [0.1, 0.15) is 18.1 Å². The van der Waals surface area contributed by atoms with Crippen molar-refractivity contribution in [1.82, 2.24) is 15.3 Å². The monoisotopic (exact) mass is 408 g/mol. The van der Waals surface area contributed by atoms with Crippen molar-refractivity contribution in [3.63, 3.8) is 0 Å². The molecule has 0 aliphatic carbocycles. The number of benzene rings is 1. The van der Waals surface area contributed by atoms with E-state index in [9.17, 15) is 9.59 Å². The van der Waals surface area contributed by atoms with Gasteiger partial charge in [-0.05, 0) is 43.2 Å². The summed E-state index contributed by atoms with van der Waals surface area (Å²) < 4.78 is 5.84. The number of H-pyrrole nitrogens is 1. The molecule has 7 nitrogen and oxygen atoms in total. The number of carbonyl (C=O) groups is 1. The summed E-state index contributed by atoms with van der Waals surface area (Å²) in [6, 6.07) is 9.25. The minimum absolute atomic E-state index is 0.116. The molecule has 29 heavy (non-hydrogen) atoms. The van der Waals surface area contributed by atoms with Gasteiger partial charge in [0.25, 0.3) is 5.91 Å². The van der Waals surface area contributed by atoms with Crippen LogP contribution < -0.4 is 20.5 Å². The van der Waals surface area contributed by atoms with Crippen molar-refractivity contribution in [2.45, 2.75) is 25.8 Å². The molecule has 2 N–H and O–H groups in total. The lowest BCUT2D eigenvalue weighted by molar-refractivity contribution is 0.0893. The zero-order chi connectivity index (χ0) is 20.2. The molecule has 2 aromatic heterocycles. The van der Waals surface area contributed by atoms with Gasteiger partial charge >= 0.3 is 0 Å². The van der Waals surface area contributed by atoms with E-state index in [1.54, 1.807) is 23.6 Å². The number of fused-ring (bicyclic) bond motifs is 2. The van der Waals surface area contributed by atoms with Crippen LogP contribution in [0.15, 0.2) is 41.3 Å². The van der Waals surface area contributed by atoms with Gasteiger partial charge in [0.05, 0.1) is 12.2 Å². The SMILES string of the molecule is CC1(C)Cc2sc(N3CCOc4ccc(-c5ccc(=O)[nH]c5)cc43)nc2C(=O)N1. The Bertz CT molecular complexity index is 1160. The molecule has 0 saturated heterocycles. The number of carbonyl (C=O) groups excluding carboxylic acids is 1. The fraction of sp³-hybridized carbons (Fsp3) is 0.286. The molecule has 0 atom stereocenters. The van der Waals surface area contributed by atoms with Crippen molar-refractivity contribution in [2.75, 3.05) is 18.1 Å². The second kappa shape index (κ2) is 6.45. The number of hydrogen-bond donors (Lipinski definition) is 2. The van der Waals surface area contributed by atoms with E-state index in [0.29, 0.717) is 18.8 Å². The minimum atomic E-state index is -0.270. The van der Waals surface area contributed by atoms with Gasteiger partial charge in [0.2, 0.25) is 5.56 Å². The molecule has 0 saturated carbocycles. The Morgan fingerprint density at radius 3 is 2.79 bits per heavy atom. The first-order valence-electron chi connectivity index (χ1n) is 9.45. The van der Waals surface area contributed by atoms with Gasteiger partial charge in [0, 0.05) is 29.1 Å². The molecule has 8 heteroatoms. The standard InChI is InChI=1S/C21H20N4O3S/c1-21(2)10-16-18(19(27)24-21)23-20(29-16)25-7-8-28-15-5-3-12(9-14(15)25)13-4-6-17(26)22-11-13/h3-6,9,11H,7-8,10H2,1-2H3,(H,22,26)(H,24,27).